The van der Waals surface area contributed by atoms with E-state index in [2.05, 4.69) is 5.32 Å². The van der Waals surface area contributed by atoms with Crippen molar-refractivity contribution in [2.24, 2.45) is 0 Å². The van der Waals surface area contributed by atoms with Crippen LogP contribution in [-0.2, 0) is 10.5 Å². The number of aldehydes is 1. The highest BCUT2D eigenvalue weighted by Crippen LogP contribution is 2.37. The minimum Gasteiger partial charge on any atom is -0.393 e. The number of ketones is 1. The summed E-state index contributed by atoms with van der Waals surface area (Å²) in [5.41, 5.74) is 0.724. The van der Waals surface area contributed by atoms with Crippen molar-refractivity contribution in [1.29, 1.82) is 0 Å². The van der Waals surface area contributed by atoms with Gasteiger partial charge in [-0.3, -0.25) is 9.59 Å². The SMILES string of the molecule is CN/C=C1/SCc2sc(C=O)cc2C1=O.COC(C)(C)C. The van der Waals surface area contributed by atoms with E-state index in [9.17, 15) is 9.59 Å². The number of ether oxygens (including phenoxy) is 1. The van der Waals surface area contributed by atoms with Gasteiger partial charge in [-0.15, -0.1) is 23.1 Å². The summed E-state index contributed by atoms with van der Waals surface area (Å²) < 4.78 is 4.94. The summed E-state index contributed by atoms with van der Waals surface area (Å²) in [5.74, 6) is 0.785. The fourth-order valence-corrected chi connectivity index (χ4v) is 3.45. The van der Waals surface area contributed by atoms with Crippen LogP contribution >= 0.6 is 23.1 Å². The molecule has 0 unspecified atom stereocenters. The van der Waals surface area contributed by atoms with Gasteiger partial charge in [0.1, 0.15) is 0 Å². The number of thiophene rings is 1. The molecule has 0 spiro atoms. The second-order valence-corrected chi connectivity index (χ2v) is 7.52. The highest BCUT2D eigenvalue weighted by Gasteiger charge is 2.24. The summed E-state index contributed by atoms with van der Waals surface area (Å²) in [7, 11) is 3.47. The van der Waals surface area contributed by atoms with Gasteiger partial charge in [0.25, 0.3) is 0 Å². The minimum atomic E-state index is 0.0138. The van der Waals surface area contributed by atoms with Crippen LogP contribution in [0.1, 0.15) is 45.7 Å². The molecule has 0 aromatic carbocycles. The third kappa shape index (κ3) is 5.30. The molecule has 0 amide bonds. The molecule has 116 valence electrons. The number of hydrogen-bond acceptors (Lipinski definition) is 6. The molecule has 2 heterocycles. The lowest BCUT2D eigenvalue weighted by Crippen LogP contribution is -2.15. The molecule has 1 N–H and O–H groups in total. The molecule has 1 aliphatic heterocycles. The zero-order chi connectivity index (χ0) is 16.0. The molecule has 0 bridgehead atoms. The maximum absolute atomic E-state index is 11.9. The Kier molecular flexibility index (Phi) is 6.64. The van der Waals surface area contributed by atoms with E-state index in [1.54, 1.807) is 26.4 Å². The number of thioether (sulfide) groups is 1. The summed E-state index contributed by atoms with van der Waals surface area (Å²) in [6.07, 6.45) is 2.50. The second-order valence-electron chi connectivity index (χ2n) is 5.34. The Morgan fingerprint density at radius 3 is 2.48 bits per heavy atom. The molecule has 0 saturated heterocycles. The van der Waals surface area contributed by atoms with Gasteiger partial charge in [0.05, 0.1) is 15.4 Å². The Morgan fingerprint density at radius 2 is 2.00 bits per heavy atom. The largest absolute Gasteiger partial charge is 0.393 e. The third-order valence-corrected chi connectivity index (χ3v) is 4.95. The maximum Gasteiger partial charge on any atom is 0.201 e. The van der Waals surface area contributed by atoms with Crippen LogP contribution in [0.5, 0.6) is 0 Å². The number of rotatable bonds is 2. The lowest BCUT2D eigenvalue weighted by Gasteiger charge is -2.14. The number of nitrogens with one attached hydrogen (secondary N) is 1. The Balaban J connectivity index is 0.000000315. The van der Waals surface area contributed by atoms with E-state index in [1.165, 1.54) is 23.1 Å². The lowest BCUT2D eigenvalue weighted by molar-refractivity contribution is 0.0397. The van der Waals surface area contributed by atoms with Gasteiger partial charge in [-0.05, 0) is 26.8 Å². The Bertz CT molecular complexity index is 542. The molecular formula is C15H21NO3S2. The molecule has 0 fully saturated rings. The summed E-state index contributed by atoms with van der Waals surface area (Å²) in [5, 5.41) is 2.85. The van der Waals surface area contributed by atoms with Crippen LogP contribution in [0, 0.1) is 0 Å². The third-order valence-electron chi connectivity index (χ3n) is 2.66. The van der Waals surface area contributed by atoms with E-state index in [4.69, 9.17) is 4.74 Å². The molecule has 0 radical (unpaired) electrons. The standard InChI is InChI=1S/C10H9NO2S2.C5H12O/c1-11-3-8-10(13)7-2-6(4-12)15-9(7)5-14-8;1-5(2,3)6-4/h2-4,11H,5H2,1H3;1-4H3/b8-3+;. The van der Waals surface area contributed by atoms with Crippen molar-refractivity contribution in [2.45, 2.75) is 32.1 Å². The van der Waals surface area contributed by atoms with Crippen LogP contribution in [0.3, 0.4) is 0 Å². The monoisotopic (exact) mass is 327 g/mol. The second kappa shape index (κ2) is 7.77. The highest BCUT2D eigenvalue weighted by atomic mass is 32.2. The van der Waals surface area contributed by atoms with Crippen LogP contribution in [0.2, 0.25) is 0 Å². The average molecular weight is 327 g/mol. The van der Waals surface area contributed by atoms with Crippen molar-refractivity contribution in [1.82, 2.24) is 5.32 Å². The molecule has 1 aromatic heterocycles. The fourth-order valence-electron chi connectivity index (χ4n) is 1.39. The number of Topliss-reactive ketones (excluding diaryl/α,β-unsaturated/α-hetero) is 1. The summed E-state index contributed by atoms with van der Waals surface area (Å²) in [6.45, 7) is 6.06. The van der Waals surface area contributed by atoms with Gasteiger partial charge in [0.2, 0.25) is 5.78 Å². The fraction of sp³-hybridized carbons (Fsp3) is 0.467. The highest BCUT2D eigenvalue weighted by molar-refractivity contribution is 8.03. The molecular weight excluding hydrogens is 306 g/mol. The topological polar surface area (TPSA) is 55.4 Å². The first-order chi connectivity index (χ1) is 9.82. The van der Waals surface area contributed by atoms with Gasteiger partial charge in [-0.1, -0.05) is 0 Å². The van der Waals surface area contributed by atoms with Crippen LogP contribution < -0.4 is 5.32 Å². The minimum absolute atomic E-state index is 0.0138. The van der Waals surface area contributed by atoms with Gasteiger partial charge in [-0.2, -0.15) is 0 Å². The summed E-state index contributed by atoms with van der Waals surface area (Å²) >= 11 is 2.91. The zero-order valence-electron chi connectivity index (χ0n) is 13.0. The molecule has 0 aliphatic carbocycles. The van der Waals surface area contributed by atoms with Gasteiger partial charge in [0.15, 0.2) is 6.29 Å². The number of fused-ring (bicyclic) bond motifs is 1. The maximum atomic E-state index is 11.9. The molecule has 6 heteroatoms. The summed E-state index contributed by atoms with van der Waals surface area (Å²) in [6, 6.07) is 1.68. The zero-order valence-corrected chi connectivity index (χ0v) is 14.6. The van der Waals surface area contributed by atoms with Gasteiger partial charge in [0, 0.05) is 36.6 Å². The van der Waals surface area contributed by atoms with E-state index in [0.717, 1.165) is 16.9 Å². The number of allylic oxidation sites excluding steroid dienone is 1. The Labute approximate surface area is 134 Å². The van der Waals surface area contributed by atoms with E-state index < -0.39 is 0 Å². The number of carbonyl (C=O) groups is 2. The number of hydrogen-bond donors (Lipinski definition) is 1. The van der Waals surface area contributed by atoms with Crippen molar-refractivity contribution in [3.63, 3.8) is 0 Å². The van der Waals surface area contributed by atoms with Crippen molar-refractivity contribution in [3.05, 3.63) is 32.5 Å². The van der Waals surface area contributed by atoms with Gasteiger partial charge < -0.3 is 10.1 Å². The first-order valence-corrected chi connectivity index (χ1v) is 8.30. The van der Waals surface area contributed by atoms with E-state index in [0.29, 0.717) is 15.3 Å². The van der Waals surface area contributed by atoms with Crippen molar-refractivity contribution in [2.75, 3.05) is 14.2 Å². The van der Waals surface area contributed by atoms with Crippen LogP contribution in [-0.4, -0.2) is 31.8 Å². The normalized spacial score (nSPS) is 16.0. The predicted molar refractivity (Wildman–Crippen MR) is 89.2 cm³/mol. The number of carbonyl (C=O) groups excluding carboxylic acids is 2. The lowest BCUT2D eigenvalue weighted by atomic mass is 10.1. The molecule has 2 rings (SSSR count). The van der Waals surface area contributed by atoms with Crippen molar-refractivity contribution >= 4 is 35.2 Å². The van der Waals surface area contributed by atoms with E-state index in [1.807, 2.05) is 20.8 Å². The Morgan fingerprint density at radius 1 is 1.38 bits per heavy atom. The van der Waals surface area contributed by atoms with Gasteiger partial charge >= 0.3 is 0 Å². The van der Waals surface area contributed by atoms with Crippen LogP contribution in [0.15, 0.2) is 17.2 Å². The first-order valence-electron chi connectivity index (χ1n) is 6.50. The average Bonchev–Trinajstić information content (AvgIpc) is 2.86. The van der Waals surface area contributed by atoms with Crippen LogP contribution in [0.25, 0.3) is 0 Å². The first kappa shape index (κ1) is 17.9. The molecule has 0 atom stereocenters. The van der Waals surface area contributed by atoms with E-state index >= 15 is 0 Å². The van der Waals surface area contributed by atoms with Crippen molar-refractivity contribution in [3.8, 4) is 0 Å². The predicted octanol–water partition coefficient (Wildman–Crippen LogP) is 3.48. The molecule has 0 saturated carbocycles. The molecule has 21 heavy (non-hydrogen) atoms. The van der Waals surface area contributed by atoms with E-state index in [-0.39, 0.29) is 11.4 Å². The van der Waals surface area contributed by atoms with Crippen molar-refractivity contribution < 1.29 is 14.3 Å². The molecule has 4 nitrogen and oxygen atoms in total. The summed E-state index contributed by atoms with van der Waals surface area (Å²) in [4.78, 5) is 24.8. The number of methoxy groups -OCH3 is 1. The van der Waals surface area contributed by atoms with Gasteiger partial charge in [-0.25, -0.2) is 0 Å². The quantitative estimate of drug-likeness (QED) is 0.666. The smallest absolute Gasteiger partial charge is 0.201 e. The molecule has 1 aromatic rings. The van der Waals surface area contributed by atoms with Crippen LogP contribution in [0.4, 0.5) is 0 Å². The Hall–Kier alpha value is -1.11. The molecule has 1 aliphatic rings.